The molecule has 0 N–H and O–H groups in total. The Bertz CT molecular complexity index is 265. The van der Waals surface area contributed by atoms with Crippen LogP contribution in [0, 0.1) is 0 Å². The van der Waals surface area contributed by atoms with Crippen LogP contribution in [0.3, 0.4) is 0 Å². The number of hydrogen-bond acceptors (Lipinski definition) is 3. The maximum Gasteiger partial charge on any atom is 0.169 e. The van der Waals surface area contributed by atoms with Gasteiger partial charge in [0.1, 0.15) is 0 Å². The molecule has 1 rings (SSSR count). The zero-order valence-electron chi connectivity index (χ0n) is 7.29. The van der Waals surface area contributed by atoms with Crippen molar-refractivity contribution in [2.75, 3.05) is 5.75 Å². The van der Waals surface area contributed by atoms with Gasteiger partial charge in [-0.15, -0.1) is 23.1 Å². The predicted molar refractivity (Wildman–Crippen MR) is 55.3 cm³/mol. The summed E-state index contributed by atoms with van der Waals surface area (Å²) in [4.78, 5) is 11.8. The molecule has 0 aliphatic heterocycles. The first-order valence-corrected chi connectivity index (χ1v) is 5.78. The summed E-state index contributed by atoms with van der Waals surface area (Å²) in [5, 5.41) is 0. The van der Waals surface area contributed by atoms with Gasteiger partial charge >= 0.3 is 0 Å². The fourth-order valence-electron chi connectivity index (χ4n) is 0.790. The third-order valence-corrected chi connectivity index (χ3v) is 3.99. The molecule has 0 bridgehead atoms. The minimum Gasteiger partial charge on any atom is -0.294 e. The summed E-state index contributed by atoms with van der Waals surface area (Å²) in [6.45, 7) is 3.77. The predicted octanol–water partition coefficient (Wildman–Crippen LogP) is 3.45. The maximum atomic E-state index is 10.9. The number of hydrogen-bond donors (Lipinski definition) is 0. The van der Waals surface area contributed by atoms with E-state index in [1.165, 1.54) is 10.6 Å². The summed E-state index contributed by atoms with van der Waals surface area (Å²) in [5.74, 6) is 1.31. The van der Waals surface area contributed by atoms with Crippen LogP contribution in [0.4, 0.5) is 0 Å². The Hall–Kier alpha value is -0.280. The average molecular weight is 200 g/mol. The molecule has 0 aliphatic carbocycles. The highest BCUT2D eigenvalue weighted by molar-refractivity contribution is 8.01. The van der Waals surface area contributed by atoms with Gasteiger partial charge in [0.15, 0.2) is 5.78 Å². The molecule has 1 aromatic heterocycles. The number of ketones is 1. The fourth-order valence-corrected chi connectivity index (χ4v) is 2.75. The molecule has 0 unspecified atom stereocenters. The van der Waals surface area contributed by atoms with E-state index in [1.807, 2.05) is 23.9 Å². The Morgan fingerprint density at radius 1 is 1.58 bits per heavy atom. The van der Waals surface area contributed by atoms with Gasteiger partial charge in [-0.05, 0) is 31.2 Å². The average Bonchev–Trinajstić information content (AvgIpc) is 2.48. The molecule has 0 aromatic carbocycles. The summed E-state index contributed by atoms with van der Waals surface area (Å²) in [7, 11) is 0. The lowest BCUT2D eigenvalue weighted by atomic mass is 10.4. The third-order valence-electron chi connectivity index (χ3n) is 1.38. The number of carbonyl (C=O) groups excluding carboxylic acids is 1. The van der Waals surface area contributed by atoms with E-state index in [0.29, 0.717) is 0 Å². The Morgan fingerprint density at radius 3 is 2.83 bits per heavy atom. The first-order chi connectivity index (χ1) is 5.74. The van der Waals surface area contributed by atoms with Gasteiger partial charge in [0.25, 0.3) is 0 Å². The van der Waals surface area contributed by atoms with Gasteiger partial charge in [-0.3, -0.25) is 4.79 Å². The Morgan fingerprint density at radius 2 is 2.33 bits per heavy atom. The molecule has 0 radical (unpaired) electrons. The van der Waals surface area contributed by atoms with Crippen molar-refractivity contribution < 1.29 is 4.79 Å². The molecule has 12 heavy (non-hydrogen) atoms. The van der Waals surface area contributed by atoms with E-state index in [1.54, 1.807) is 18.3 Å². The first-order valence-electron chi connectivity index (χ1n) is 3.97. The van der Waals surface area contributed by atoms with E-state index in [9.17, 15) is 4.79 Å². The molecule has 0 saturated carbocycles. The Balaban J connectivity index is 2.58. The van der Waals surface area contributed by atoms with E-state index in [-0.39, 0.29) is 5.78 Å². The van der Waals surface area contributed by atoms with Crippen molar-refractivity contribution in [3.63, 3.8) is 0 Å². The molecular weight excluding hydrogens is 188 g/mol. The second-order valence-electron chi connectivity index (χ2n) is 2.52. The molecule has 66 valence electrons. The van der Waals surface area contributed by atoms with Gasteiger partial charge in [0.05, 0.1) is 9.09 Å². The van der Waals surface area contributed by atoms with Gasteiger partial charge in [-0.1, -0.05) is 6.92 Å². The Labute approximate surface area is 81.2 Å². The largest absolute Gasteiger partial charge is 0.294 e. The van der Waals surface area contributed by atoms with Crippen molar-refractivity contribution in [1.82, 2.24) is 0 Å². The molecular formula is C9H12OS2. The molecule has 0 atom stereocenters. The van der Waals surface area contributed by atoms with Crippen LogP contribution in [0.15, 0.2) is 16.3 Å². The van der Waals surface area contributed by atoms with Crippen molar-refractivity contribution in [1.29, 1.82) is 0 Å². The molecule has 0 spiro atoms. The smallest absolute Gasteiger partial charge is 0.169 e. The fraction of sp³-hybridized carbons (Fsp3) is 0.444. The van der Waals surface area contributed by atoms with Crippen molar-refractivity contribution in [2.45, 2.75) is 24.5 Å². The minimum atomic E-state index is 0.170. The molecule has 0 aliphatic rings. The van der Waals surface area contributed by atoms with Gasteiger partial charge in [0, 0.05) is 0 Å². The Kier molecular flexibility index (Phi) is 3.82. The van der Waals surface area contributed by atoms with Crippen LogP contribution < -0.4 is 0 Å². The second kappa shape index (κ2) is 4.67. The number of thiophene rings is 1. The number of carbonyl (C=O) groups is 1. The quantitative estimate of drug-likeness (QED) is 0.547. The molecule has 3 heteroatoms. The molecule has 0 saturated heterocycles. The van der Waals surface area contributed by atoms with Gasteiger partial charge in [-0.25, -0.2) is 0 Å². The van der Waals surface area contributed by atoms with Crippen LogP contribution in [-0.4, -0.2) is 11.5 Å². The lowest BCUT2D eigenvalue weighted by molar-refractivity contribution is 0.102. The molecule has 1 nitrogen and oxygen atoms in total. The third kappa shape index (κ3) is 2.64. The first kappa shape index (κ1) is 9.81. The van der Waals surface area contributed by atoms with E-state index < -0.39 is 0 Å². The van der Waals surface area contributed by atoms with Gasteiger partial charge in [0.2, 0.25) is 0 Å². The number of Topliss-reactive ketones (excluding diaryl/α,β-unsaturated/α-hetero) is 1. The van der Waals surface area contributed by atoms with Gasteiger partial charge < -0.3 is 0 Å². The molecule has 0 fully saturated rings. The van der Waals surface area contributed by atoms with Crippen molar-refractivity contribution in [3.8, 4) is 0 Å². The van der Waals surface area contributed by atoms with Crippen molar-refractivity contribution in [2.24, 2.45) is 0 Å². The van der Waals surface area contributed by atoms with Crippen LogP contribution >= 0.6 is 23.1 Å². The zero-order valence-corrected chi connectivity index (χ0v) is 8.93. The van der Waals surface area contributed by atoms with Gasteiger partial charge in [-0.2, -0.15) is 0 Å². The maximum absolute atomic E-state index is 10.9. The highest BCUT2D eigenvalue weighted by Gasteiger charge is 2.03. The monoisotopic (exact) mass is 200 g/mol. The standard InChI is InChI=1S/C9H12OS2/c1-3-6-11-9-5-4-8(12-9)7(2)10/h4-5H,3,6H2,1-2H3. The molecule has 0 amide bonds. The van der Waals surface area contributed by atoms with Crippen molar-refractivity contribution in [3.05, 3.63) is 17.0 Å². The summed E-state index contributed by atoms with van der Waals surface area (Å²) >= 11 is 3.42. The highest BCUT2D eigenvalue weighted by Crippen LogP contribution is 2.27. The molecule has 1 heterocycles. The lowest BCUT2D eigenvalue weighted by Gasteiger charge is -1.91. The van der Waals surface area contributed by atoms with E-state index in [4.69, 9.17) is 0 Å². The molecule has 1 aromatic rings. The summed E-state index contributed by atoms with van der Waals surface area (Å²) in [6, 6.07) is 3.94. The summed E-state index contributed by atoms with van der Waals surface area (Å²) in [5.41, 5.74) is 0. The SMILES string of the molecule is CCCSc1ccc(C(C)=O)s1. The second-order valence-corrected chi connectivity index (χ2v) is 5.00. The van der Waals surface area contributed by atoms with Crippen LogP contribution in [0.2, 0.25) is 0 Å². The summed E-state index contributed by atoms with van der Waals surface area (Å²) < 4.78 is 1.25. The lowest BCUT2D eigenvalue weighted by Crippen LogP contribution is -1.83. The topological polar surface area (TPSA) is 17.1 Å². The minimum absolute atomic E-state index is 0.170. The summed E-state index contributed by atoms with van der Waals surface area (Å²) in [6.07, 6.45) is 1.18. The van der Waals surface area contributed by atoms with Crippen molar-refractivity contribution >= 4 is 28.9 Å². The highest BCUT2D eigenvalue weighted by atomic mass is 32.2. The van der Waals surface area contributed by atoms with Crippen LogP contribution in [0.1, 0.15) is 29.9 Å². The van der Waals surface area contributed by atoms with E-state index in [0.717, 1.165) is 10.6 Å². The van der Waals surface area contributed by atoms with Crippen LogP contribution in [0.25, 0.3) is 0 Å². The normalized spacial score (nSPS) is 10.2. The van der Waals surface area contributed by atoms with Crippen LogP contribution in [0.5, 0.6) is 0 Å². The van der Waals surface area contributed by atoms with E-state index in [2.05, 4.69) is 6.92 Å². The zero-order chi connectivity index (χ0) is 8.97. The number of rotatable bonds is 4. The number of thioether (sulfide) groups is 1. The van der Waals surface area contributed by atoms with Crippen LogP contribution in [-0.2, 0) is 0 Å². The van der Waals surface area contributed by atoms with E-state index >= 15 is 0 Å².